The molecule has 9 heavy (non-hydrogen) atoms. The van der Waals surface area contributed by atoms with E-state index in [0.29, 0.717) is 0 Å². The van der Waals surface area contributed by atoms with Crippen molar-refractivity contribution in [2.75, 3.05) is 0 Å². The first-order chi connectivity index (χ1) is 4.18. The van der Waals surface area contributed by atoms with Crippen molar-refractivity contribution in [1.82, 2.24) is 0 Å². The van der Waals surface area contributed by atoms with E-state index in [-0.39, 0.29) is 21.7 Å². The van der Waals surface area contributed by atoms with Gasteiger partial charge in [-0.25, -0.2) is 0 Å². The molecule has 0 aromatic carbocycles. The lowest BCUT2D eigenvalue weighted by Crippen LogP contribution is -2.12. The maximum Gasteiger partial charge on any atom is 0.346 e. The monoisotopic (exact) mass is 142 g/mol. The molecule has 2 radical (unpaired) electrons. The lowest BCUT2D eigenvalue weighted by Gasteiger charge is -2.01. The molecule has 0 unspecified atom stereocenters. The molecule has 50 valence electrons. The molecule has 0 aromatic rings. The van der Waals surface area contributed by atoms with Crippen molar-refractivity contribution >= 4 is 15.7 Å². The van der Waals surface area contributed by atoms with E-state index < -0.39 is 0 Å². The molecule has 0 amide bonds. The second-order valence-electron chi connectivity index (χ2n) is 1.90. The molecule has 0 aliphatic carbocycles. The molecular weight excluding hydrogens is 132 g/mol. The Kier molecular flexibility index (Phi) is 4.04. The quantitative estimate of drug-likeness (QED) is 0.548. The lowest BCUT2D eigenvalue weighted by atomic mass is 10.2. The average molecular weight is 142 g/mol. The second kappa shape index (κ2) is 4.32. The summed E-state index contributed by atoms with van der Waals surface area (Å²) in [6.07, 6.45) is 0. The third-order valence-electron chi connectivity index (χ3n) is 0.714. The maximum atomic E-state index is 10.6. The first-order valence-corrected chi connectivity index (χ1v) is 3.74. The number of carbonyl (C=O) groups excluding carboxylic acids is 1. The van der Waals surface area contributed by atoms with Gasteiger partial charge in [-0.3, -0.25) is 4.79 Å². The summed E-state index contributed by atoms with van der Waals surface area (Å²) in [5.74, 6) is -0.189. The van der Waals surface area contributed by atoms with Gasteiger partial charge < -0.3 is 4.43 Å². The standard InChI is InChI=1S/C6H10O2Si/c1-4-9-8-6(7)5(2)3/h4-5H,1H2,2-3H3. The van der Waals surface area contributed by atoms with Crippen molar-refractivity contribution < 1.29 is 9.22 Å². The Morgan fingerprint density at radius 3 is 2.67 bits per heavy atom. The van der Waals surface area contributed by atoms with Gasteiger partial charge in [-0.05, 0) is 0 Å². The van der Waals surface area contributed by atoms with Crippen molar-refractivity contribution in [3.8, 4) is 0 Å². The fraction of sp³-hybridized carbons (Fsp3) is 0.500. The zero-order valence-electron chi connectivity index (χ0n) is 5.68. The number of rotatable bonds is 3. The van der Waals surface area contributed by atoms with E-state index >= 15 is 0 Å². The van der Waals surface area contributed by atoms with Crippen LogP contribution in [0.2, 0.25) is 0 Å². The summed E-state index contributed by atoms with van der Waals surface area (Å²) in [5.41, 5.74) is 1.58. The van der Waals surface area contributed by atoms with E-state index in [1.165, 1.54) is 0 Å². The van der Waals surface area contributed by atoms with E-state index in [0.717, 1.165) is 0 Å². The lowest BCUT2D eigenvalue weighted by molar-refractivity contribution is -0.137. The Balaban J connectivity index is 3.38. The highest BCUT2D eigenvalue weighted by Crippen LogP contribution is 1.93. The summed E-state index contributed by atoms with van der Waals surface area (Å²) in [6, 6.07) is 0. The average Bonchev–Trinajstić information content (AvgIpc) is 1.82. The molecule has 0 spiro atoms. The minimum Gasteiger partial charge on any atom is -0.512 e. The predicted molar refractivity (Wildman–Crippen MR) is 36.9 cm³/mol. The Bertz CT molecular complexity index is 110. The van der Waals surface area contributed by atoms with Crippen molar-refractivity contribution in [3.63, 3.8) is 0 Å². The third-order valence-corrected chi connectivity index (χ3v) is 1.20. The Labute approximate surface area is 57.8 Å². The van der Waals surface area contributed by atoms with E-state index in [1.54, 1.807) is 19.5 Å². The Hall–Kier alpha value is -0.573. The smallest absolute Gasteiger partial charge is 0.346 e. The fourth-order valence-corrected chi connectivity index (χ4v) is 0.653. The van der Waals surface area contributed by atoms with Gasteiger partial charge >= 0.3 is 9.76 Å². The molecule has 2 nitrogen and oxygen atoms in total. The van der Waals surface area contributed by atoms with Gasteiger partial charge in [0.15, 0.2) is 0 Å². The molecule has 0 aromatic heterocycles. The van der Waals surface area contributed by atoms with Gasteiger partial charge in [0.25, 0.3) is 5.97 Å². The molecule has 3 heteroatoms. The summed E-state index contributed by atoms with van der Waals surface area (Å²) < 4.78 is 4.72. The van der Waals surface area contributed by atoms with Gasteiger partial charge in [-0.2, -0.15) is 0 Å². The van der Waals surface area contributed by atoms with Crippen LogP contribution in [0.5, 0.6) is 0 Å². The van der Waals surface area contributed by atoms with E-state index in [9.17, 15) is 4.79 Å². The van der Waals surface area contributed by atoms with Gasteiger partial charge in [0, 0.05) is 5.92 Å². The van der Waals surface area contributed by atoms with Crippen LogP contribution in [0.25, 0.3) is 0 Å². The minimum atomic E-state index is -0.159. The highest BCUT2D eigenvalue weighted by molar-refractivity contribution is 6.36. The summed E-state index contributed by atoms with van der Waals surface area (Å²) in [4.78, 5) is 10.6. The van der Waals surface area contributed by atoms with E-state index in [2.05, 4.69) is 6.58 Å². The highest BCUT2D eigenvalue weighted by atomic mass is 28.2. The van der Waals surface area contributed by atoms with Crippen LogP contribution in [0.1, 0.15) is 13.8 Å². The van der Waals surface area contributed by atoms with Crippen LogP contribution in [0.15, 0.2) is 12.3 Å². The summed E-state index contributed by atoms with van der Waals surface area (Å²) in [6.45, 7) is 7.03. The van der Waals surface area contributed by atoms with Crippen LogP contribution in [-0.2, 0) is 9.22 Å². The van der Waals surface area contributed by atoms with Crippen molar-refractivity contribution in [2.45, 2.75) is 13.8 Å². The number of hydrogen-bond acceptors (Lipinski definition) is 2. The minimum absolute atomic E-state index is 0.0301. The molecule has 0 bridgehead atoms. The zero-order valence-corrected chi connectivity index (χ0v) is 6.68. The largest absolute Gasteiger partial charge is 0.512 e. The number of carbonyl (C=O) groups is 1. The maximum absolute atomic E-state index is 10.6. The van der Waals surface area contributed by atoms with Gasteiger partial charge in [0.1, 0.15) is 0 Å². The number of hydrogen-bond donors (Lipinski definition) is 0. The molecule has 0 aliphatic rings. The van der Waals surface area contributed by atoms with Crippen LogP contribution in [0, 0.1) is 5.92 Å². The molecule has 0 fully saturated rings. The molecule has 0 heterocycles. The van der Waals surface area contributed by atoms with Crippen molar-refractivity contribution in [2.24, 2.45) is 5.92 Å². The van der Waals surface area contributed by atoms with Crippen molar-refractivity contribution in [1.29, 1.82) is 0 Å². The van der Waals surface area contributed by atoms with Gasteiger partial charge in [-0.1, -0.05) is 19.5 Å². The van der Waals surface area contributed by atoms with Gasteiger partial charge in [0.2, 0.25) is 0 Å². The first-order valence-electron chi connectivity index (χ1n) is 2.75. The molecular formula is C6H10O2Si. The van der Waals surface area contributed by atoms with Crippen LogP contribution in [0.4, 0.5) is 0 Å². The Morgan fingerprint density at radius 1 is 1.78 bits per heavy atom. The van der Waals surface area contributed by atoms with Crippen LogP contribution < -0.4 is 0 Å². The van der Waals surface area contributed by atoms with Gasteiger partial charge in [0.05, 0.1) is 0 Å². The third kappa shape index (κ3) is 3.97. The van der Waals surface area contributed by atoms with Crippen LogP contribution in [-0.4, -0.2) is 15.7 Å². The van der Waals surface area contributed by atoms with E-state index in [4.69, 9.17) is 4.43 Å². The summed E-state index contributed by atoms with van der Waals surface area (Å²) in [7, 11) is 0.102. The zero-order chi connectivity index (χ0) is 7.28. The molecule has 0 aliphatic heterocycles. The molecule has 0 atom stereocenters. The van der Waals surface area contributed by atoms with E-state index in [1.807, 2.05) is 0 Å². The molecule has 0 N–H and O–H groups in total. The molecule has 0 saturated carbocycles. The van der Waals surface area contributed by atoms with Crippen LogP contribution >= 0.6 is 0 Å². The summed E-state index contributed by atoms with van der Waals surface area (Å²) in [5, 5.41) is 0. The van der Waals surface area contributed by atoms with Crippen LogP contribution in [0.3, 0.4) is 0 Å². The Morgan fingerprint density at radius 2 is 2.33 bits per heavy atom. The second-order valence-corrected chi connectivity index (χ2v) is 2.75. The first kappa shape index (κ1) is 8.43. The molecule has 0 rings (SSSR count). The van der Waals surface area contributed by atoms with Gasteiger partial charge in [-0.15, -0.1) is 6.58 Å². The fourth-order valence-electron chi connectivity index (χ4n) is 0.218. The summed E-state index contributed by atoms with van der Waals surface area (Å²) >= 11 is 0. The topological polar surface area (TPSA) is 26.3 Å². The molecule has 0 saturated heterocycles. The normalized spacial score (nSPS) is 9.22. The predicted octanol–water partition coefficient (Wildman–Crippen LogP) is 0.948. The van der Waals surface area contributed by atoms with Crippen molar-refractivity contribution in [3.05, 3.63) is 12.3 Å². The SMILES string of the molecule is C=C[Si]OC(=O)C(C)C. The highest BCUT2D eigenvalue weighted by Gasteiger charge is 2.05.